The van der Waals surface area contributed by atoms with E-state index in [-0.39, 0.29) is 0 Å². The predicted octanol–water partition coefficient (Wildman–Crippen LogP) is 1.68. The zero-order valence-electron chi connectivity index (χ0n) is 8.06. The Morgan fingerprint density at radius 2 is 1.31 bits per heavy atom. The van der Waals surface area contributed by atoms with Crippen molar-refractivity contribution in [1.29, 1.82) is 0 Å². The molecule has 0 unspecified atom stereocenters. The fourth-order valence-corrected chi connectivity index (χ4v) is 1.15. The quantitative estimate of drug-likeness (QED) is 0.526. The Labute approximate surface area is 77.7 Å². The molecule has 0 aliphatic rings. The van der Waals surface area contributed by atoms with Gasteiger partial charge in [-0.05, 0) is 0 Å². The van der Waals surface area contributed by atoms with Crippen molar-refractivity contribution in [1.82, 2.24) is 4.97 Å². The first-order valence-corrected chi connectivity index (χ1v) is 3.91. The maximum absolute atomic E-state index is 5.12. The number of hydrogen-bond donors (Lipinski definition) is 0. The summed E-state index contributed by atoms with van der Waals surface area (Å²) in [5.74, 6) is 0. The van der Waals surface area contributed by atoms with Crippen LogP contribution in [0.4, 0.5) is 5.69 Å². The zero-order chi connectivity index (χ0) is 9.73. The third-order valence-electron chi connectivity index (χ3n) is 1.79. The van der Waals surface area contributed by atoms with Crippen molar-refractivity contribution in [3.8, 4) is 0 Å². The average molecular weight is 184 g/mol. The molecule has 0 amide bonds. The normalized spacial score (nSPS) is 11.6. The monoisotopic (exact) mass is 184 g/mol. The fourth-order valence-electron chi connectivity index (χ4n) is 1.15. The predicted molar refractivity (Wildman–Crippen MR) is 49.3 cm³/mol. The van der Waals surface area contributed by atoms with Crippen LogP contribution in [-0.4, -0.2) is 21.3 Å². The van der Waals surface area contributed by atoms with Crippen LogP contribution in [0.15, 0.2) is 30.3 Å². The van der Waals surface area contributed by atoms with Gasteiger partial charge in [0.1, 0.15) is 26.3 Å². The number of quaternary nitrogens is 1. The second kappa shape index (κ2) is 4.34. The molecule has 0 spiro atoms. The van der Waals surface area contributed by atoms with Crippen LogP contribution in [0, 0.1) is 0 Å². The van der Waals surface area contributed by atoms with Gasteiger partial charge in [0.25, 0.3) is 0 Å². The van der Waals surface area contributed by atoms with Gasteiger partial charge < -0.3 is 0 Å². The second-order valence-electron chi connectivity index (χ2n) is 2.38. The molecule has 13 heavy (non-hydrogen) atoms. The highest BCUT2D eigenvalue weighted by Gasteiger charge is 2.34. The SMILES string of the molecule is CO[N+](OC)(OC)c1ccccc1. The van der Waals surface area contributed by atoms with Crippen LogP contribution in [0.2, 0.25) is 0 Å². The number of benzene rings is 1. The van der Waals surface area contributed by atoms with Gasteiger partial charge >= 0.3 is 0 Å². The van der Waals surface area contributed by atoms with E-state index in [1.165, 1.54) is 21.3 Å². The maximum Gasteiger partial charge on any atom is 0.237 e. The lowest BCUT2D eigenvalue weighted by atomic mass is 10.3. The summed E-state index contributed by atoms with van der Waals surface area (Å²) in [6, 6.07) is 9.41. The Morgan fingerprint density at radius 3 is 1.69 bits per heavy atom. The number of rotatable bonds is 4. The molecule has 0 N–H and O–H groups in total. The van der Waals surface area contributed by atoms with E-state index in [0.29, 0.717) is 0 Å². The largest absolute Gasteiger partial charge is 0.237 e. The Balaban J connectivity index is 3.01. The minimum atomic E-state index is -0.402. The van der Waals surface area contributed by atoms with E-state index in [1.807, 2.05) is 30.3 Å². The molecule has 1 aromatic carbocycles. The molecule has 0 heterocycles. The topological polar surface area (TPSA) is 27.7 Å². The molecule has 4 heteroatoms. The molecule has 1 aromatic rings. The first-order chi connectivity index (χ1) is 6.29. The van der Waals surface area contributed by atoms with E-state index in [9.17, 15) is 0 Å². The molecule has 0 saturated heterocycles. The molecule has 4 nitrogen and oxygen atoms in total. The van der Waals surface area contributed by atoms with Gasteiger partial charge in [-0.1, -0.05) is 18.2 Å². The van der Waals surface area contributed by atoms with Crippen LogP contribution in [0.25, 0.3) is 0 Å². The fraction of sp³-hybridized carbons (Fsp3) is 0.333. The Kier molecular flexibility index (Phi) is 3.39. The van der Waals surface area contributed by atoms with Gasteiger partial charge in [0.15, 0.2) is 0 Å². The van der Waals surface area contributed by atoms with Crippen molar-refractivity contribution < 1.29 is 14.5 Å². The zero-order valence-corrected chi connectivity index (χ0v) is 8.06. The summed E-state index contributed by atoms with van der Waals surface area (Å²) >= 11 is 0. The summed E-state index contributed by atoms with van der Waals surface area (Å²) < 4.78 is 0. The van der Waals surface area contributed by atoms with Gasteiger partial charge in [0.2, 0.25) is 5.69 Å². The van der Waals surface area contributed by atoms with E-state index in [0.717, 1.165) is 5.69 Å². The minimum Gasteiger partial charge on any atom is -0.129 e. The molecule has 0 atom stereocenters. The summed E-state index contributed by atoms with van der Waals surface area (Å²) in [7, 11) is 4.54. The molecule has 0 aliphatic heterocycles. The van der Waals surface area contributed by atoms with Gasteiger partial charge in [0, 0.05) is 12.1 Å². The molecule has 0 aromatic heterocycles. The van der Waals surface area contributed by atoms with Crippen molar-refractivity contribution >= 4 is 5.69 Å². The number of nitrogens with zero attached hydrogens (tertiary/aromatic N) is 1. The van der Waals surface area contributed by atoms with Crippen molar-refractivity contribution in [2.75, 3.05) is 21.3 Å². The first-order valence-electron chi connectivity index (χ1n) is 3.91. The summed E-state index contributed by atoms with van der Waals surface area (Å²) in [4.78, 5) is 14.9. The van der Waals surface area contributed by atoms with Crippen molar-refractivity contribution in [2.24, 2.45) is 0 Å². The minimum absolute atomic E-state index is 0.402. The standard InChI is InChI=1S/C9H14NO3/c1-11-10(12-2,13-3)9-7-5-4-6-8-9/h4-8H,1-3H3/q+1. The highest BCUT2D eigenvalue weighted by atomic mass is 17.2. The van der Waals surface area contributed by atoms with E-state index in [2.05, 4.69) is 0 Å². The van der Waals surface area contributed by atoms with E-state index >= 15 is 0 Å². The lowest BCUT2D eigenvalue weighted by Crippen LogP contribution is -2.45. The van der Waals surface area contributed by atoms with Crippen LogP contribution in [-0.2, 0) is 14.5 Å². The Bertz CT molecular complexity index is 238. The summed E-state index contributed by atoms with van der Waals surface area (Å²) in [5.41, 5.74) is 0.773. The van der Waals surface area contributed by atoms with Crippen LogP contribution < -0.4 is 4.97 Å². The average Bonchev–Trinajstić information content (AvgIpc) is 2.23. The van der Waals surface area contributed by atoms with E-state index < -0.39 is 4.97 Å². The van der Waals surface area contributed by atoms with Crippen molar-refractivity contribution in [3.63, 3.8) is 0 Å². The maximum atomic E-state index is 5.12. The van der Waals surface area contributed by atoms with Crippen LogP contribution in [0.1, 0.15) is 0 Å². The van der Waals surface area contributed by atoms with Crippen LogP contribution >= 0.6 is 0 Å². The van der Waals surface area contributed by atoms with Gasteiger partial charge in [-0.2, -0.15) is 0 Å². The lowest BCUT2D eigenvalue weighted by Gasteiger charge is -2.23. The molecule has 1 rings (SSSR count). The highest BCUT2D eigenvalue weighted by Crippen LogP contribution is 2.22. The molecule has 0 saturated carbocycles. The number of hydrogen-bond acceptors (Lipinski definition) is 3. The lowest BCUT2D eigenvalue weighted by molar-refractivity contribution is -0.483. The third-order valence-corrected chi connectivity index (χ3v) is 1.79. The van der Waals surface area contributed by atoms with Gasteiger partial charge in [-0.25, -0.2) is 0 Å². The third kappa shape index (κ3) is 1.87. The van der Waals surface area contributed by atoms with Gasteiger partial charge in [-0.3, -0.25) is 0 Å². The molecule has 0 radical (unpaired) electrons. The summed E-state index contributed by atoms with van der Waals surface area (Å²) in [6.45, 7) is 0. The summed E-state index contributed by atoms with van der Waals surface area (Å²) in [5, 5.41) is 0. The van der Waals surface area contributed by atoms with Gasteiger partial charge in [0.05, 0.1) is 0 Å². The highest BCUT2D eigenvalue weighted by molar-refractivity contribution is 5.36. The van der Waals surface area contributed by atoms with E-state index in [4.69, 9.17) is 14.5 Å². The summed E-state index contributed by atoms with van der Waals surface area (Å²) in [6.07, 6.45) is 0. The molecule has 0 aliphatic carbocycles. The van der Waals surface area contributed by atoms with Crippen molar-refractivity contribution in [2.45, 2.75) is 0 Å². The molecular formula is C9H14NO3+. The smallest absolute Gasteiger partial charge is 0.129 e. The van der Waals surface area contributed by atoms with E-state index in [1.54, 1.807) is 0 Å². The van der Waals surface area contributed by atoms with Crippen LogP contribution in [0.5, 0.6) is 0 Å². The van der Waals surface area contributed by atoms with Crippen molar-refractivity contribution in [3.05, 3.63) is 30.3 Å². The van der Waals surface area contributed by atoms with Gasteiger partial charge in [-0.15, -0.1) is 14.5 Å². The second-order valence-corrected chi connectivity index (χ2v) is 2.38. The molecular weight excluding hydrogens is 170 g/mol. The first kappa shape index (κ1) is 10.1. The molecule has 72 valence electrons. The molecule has 0 bridgehead atoms. The van der Waals surface area contributed by atoms with Crippen LogP contribution in [0.3, 0.4) is 0 Å². The molecule has 0 fully saturated rings. The Hall–Kier alpha value is -0.940. The Morgan fingerprint density at radius 1 is 0.846 bits per heavy atom.